The van der Waals surface area contributed by atoms with E-state index in [-0.39, 0.29) is 5.41 Å². The zero-order valence-corrected chi connectivity index (χ0v) is 17.3. The highest BCUT2D eigenvalue weighted by atomic mass is 32.1. The van der Waals surface area contributed by atoms with Crippen molar-refractivity contribution in [2.24, 2.45) is 11.1 Å². The molecule has 4 heteroatoms. The average Bonchev–Trinajstić information content (AvgIpc) is 3.01. The van der Waals surface area contributed by atoms with Gasteiger partial charge in [0.1, 0.15) is 5.00 Å². The first kappa shape index (κ1) is 18.9. The molecule has 0 saturated heterocycles. The molecule has 28 heavy (non-hydrogen) atoms. The van der Waals surface area contributed by atoms with Gasteiger partial charge in [0, 0.05) is 22.7 Å². The Hall–Kier alpha value is -2.43. The number of carbonyl (C=O) groups is 1. The number of hydrogen-bond donors (Lipinski definition) is 2. The molecule has 0 fully saturated rings. The van der Waals surface area contributed by atoms with E-state index in [2.05, 4.69) is 50.0 Å². The zero-order chi connectivity index (χ0) is 19.9. The van der Waals surface area contributed by atoms with Crippen LogP contribution in [0.3, 0.4) is 0 Å². The summed E-state index contributed by atoms with van der Waals surface area (Å²) >= 11 is 1.69. The SMILES string of the molecule is C=C(Nc1sc2c(c1C=O)CC(C)(C)CC2)c1cc2ccccc2cc1CN. The van der Waals surface area contributed by atoms with Crippen molar-refractivity contribution in [1.29, 1.82) is 0 Å². The van der Waals surface area contributed by atoms with Crippen LogP contribution in [0.4, 0.5) is 5.00 Å². The number of carbonyl (C=O) groups excluding carboxylic acids is 1. The highest BCUT2D eigenvalue weighted by Gasteiger charge is 2.30. The first-order valence-electron chi connectivity index (χ1n) is 9.69. The lowest BCUT2D eigenvalue weighted by molar-refractivity contribution is 0.112. The van der Waals surface area contributed by atoms with Gasteiger partial charge in [0.15, 0.2) is 6.29 Å². The molecule has 2 aromatic carbocycles. The van der Waals surface area contributed by atoms with Gasteiger partial charge in [-0.1, -0.05) is 44.7 Å². The number of aldehydes is 1. The molecule has 3 N–H and O–H groups in total. The van der Waals surface area contributed by atoms with E-state index in [9.17, 15) is 4.79 Å². The highest BCUT2D eigenvalue weighted by Crippen LogP contribution is 2.44. The molecule has 0 atom stereocenters. The zero-order valence-electron chi connectivity index (χ0n) is 16.5. The van der Waals surface area contributed by atoms with Crippen molar-refractivity contribution in [3.05, 3.63) is 70.1 Å². The van der Waals surface area contributed by atoms with Crippen LogP contribution in [0.5, 0.6) is 0 Å². The van der Waals surface area contributed by atoms with E-state index >= 15 is 0 Å². The number of anilines is 1. The summed E-state index contributed by atoms with van der Waals surface area (Å²) in [5, 5.41) is 6.66. The van der Waals surface area contributed by atoms with Gasteiger partial charge >= 0.3 is 0 Å². The third-order valence-electron chi connectivity index (χ3n) is 5.71. The molecule has 0 amide bonds. The van der Waals surface area contributed by atoms with Crippen LogP contribution >= 0.6 is 11.3 Å². The van der Waals surface area contributed by atoms with Crippen molar-refractivity contribution in [3.8, 4) is 0 Å². The molecule has 1 aromatic heterocycles. The van der Waals surface area contributed by atoms with Crippen LogP contribution in [-0.4, -0.2) is 6.29 Å². The minimum absolute atomic E-state index is 0.241. The van der Waals surface area contributed by atoms with Gasteiger partial charge in [0.25, 0.3) is 0 Å². The third-order valence-corrected chi connectivity index (χ3v) is 6.94. The van der Waals surface area contributed by atoms with Crippen LogP contribution in [0.15, 0.2) is 43.0 Å². The Kier molecular flexibility index (Phi) is 4.86. The molecular formula is C24H26N2OS. The summed E-state index contributed by atoms with van der Waals surface area (Å²) in [4.78, 5) is 13.2. The summed E-state index contributed by atoms with van der Waals surface area (Å²) in [6, 6.07) is 12.5. The van der Waals surface area contributed by atoms with Crippen molar-refractivity contribution >= 4 is 39.1 Å². The summed E-state index contributed by atoms with van der Waals surface area (Å²) in [5.74, 6) is 0. The van der Waals surface area contributed by atoms with Gasteiger partial charge in [0.05, 0.1) is 5.56 Å². The van der Waals surface area contributed by atoms with Crippen LogP contribution in [0.1, 0.15) is 52.2 Å². The fraction of sp³-hybridized carbons (Fsp3) is 0.292. The first-order chi connectivity index (χ1) is 13.4. The molecule has 0 aliphatic heterocycles. The number of rotatable bonds is 5. The van der Waals surface area contributed by atoms with Crippen LogP contribution < -0.4 is 11.1 Å². The first-order valence-corrected chi connectivity index (χ1v) is 10.5. The molecule has 3 nitrogen and oxygen atoms in total. The van der Waals surface area contributed by atoms with Crippen molar-refractivity contribution in [1.82, 2.24) is 0 Å². The number of aryl methyl sites for hydroxylation is 1. The quantitative estimate of drug-likeness (QED) is 0.544. The average molecular weight is 391 g/mol. The molecule has 4 rings (SSSR count). The second-order valence-electron chi connectivity index (χ2n) is 8.37. The van der Waals surface area contributed by atoms with Gasteiger partial charge in [-0.05, 0) is 58.7 Å². The fourth-order valence-electron chi connectivity index (χ4n) is 4.10. The predicted molar refractivity (Wildman–Crippen MR) is 120 cm³/mol. The Labute approximate surface area is 170 Å². The van der Waals surface area contributed by atoms with E-state index in [1.165, 1.54) is 15.8 Å². The van der Waals surface area contributed by atoms with Crippen LogP contribution in [0, 0.1) is 5.41 Å². The van der Waals surface area contributed by atoms with E-state index < -0.39 is 0 Å². The monoisotopic (exact) mass is 390 g/mol. The molecule has 3 aromatic rings. The second-order valence-corrected chi connectivity index (χ2v) is 9.47. The Morgan fingerprint density at radius 2 is 2.00 bits per heavy atom. The molecule has 1 aliphatic rings. The summed E-state index contributed by atoms with van der Waals surface area (Å²) < 4.78 is 0. The molecule has 0 radical (unpaired) electrons. The standard InChI is InChI=1S/C24H26N2OS/c1-15(19-11-17-7-5-4-6-16(17)10-18(19)13-25)26-23-21(14-27)20-12-24(2,3)9-8-22(20)28-23/h4-7,10-11,14,26H,1,8-9,12-13,25H2,2-3H3. The van der Waals surface area contributed by atoms with Gasteiger partial charge in [-0.2, -0.15) is 0 Å². The lowest BCUT2D eigenvalue weighted by Crippen LogP contribution is -2.21. The largest absolute Gasteiger partial charge is 0.347 e. The van der Waals surface area contributed by atoms with Crippen molar-refractivity contribution < 1.29 is 4.79 Å². The molecule has 0 unspecified atom stereocenters. The van der Waals surface area contributed by atoms with Crippen molar-refractivity contribution in [2.45, 2.75) is 39.7 Å². The summed E-state index contributed by atoms with van der Waals surface area (Å²) in [7, 11) is 0. The Morgan fingerprint density at radius 1 is 1.29 bits per heavy atom. The van der Waals surface area contributed by atoms with E-state index in [4.69, 9.17) is 5.73 Å². The topological polar surface area (TPSA) is 55.1 Å². The lowest BCUT2D eigenvalue weighted by atomic mass is 9.76. The number of hydrogen-bond acceptors (Lipinski definition) is 4. The normalized spacial score (nSPS) is 15.2. The third kappa shape index (κ3) is 3.38. The van der Waals surface area contributed by atoms with E-state index in [1.807, 2.05) is 12.1 Å². The molecule has 1 aliphatic carbocycles. The number of nitrogens with two attached hydrogens (primary N) is 1. The smallest absolute Gasteiger partial charge is 0.153 e. The maximum Gasteiger partial charge on any atom is 0.153 e. The molecule has 144 valence electrons. The van der Waals surface area contributed by atoms with E-state index in [1.54, 1.807) is 11.3 Å². The van der Waals surface area contributed by atoms with Gasteiger partial charge in [-0.3, -0.25) is 4.79 Å². The van der Waals surface area contributed by atoms with E-state index in [0.29, 0.717) is 6.54 Å². The molecular weight excluding hydrogens is 364 g/mol. The molecule has 0 spiro atoms. The summed E-state index contributed by atoms with van der Waals surface area (Å²) in [5.41, 5.74) is 11.1. The van der Waals surface area contributed by atoms with E-state index in [0.717, 1.165) is 58.3 Å². The minimum atomic E-state index is 0.241. The number of thiophene rings is 1. The Balaban J connectivity index is 1.71. The van der Waals surface area contributed by atoms with Crippen molar-refractivity contribution in [3.63, 3.8) is 0 Å². The predicted octanol–water partition coefficient (Wildman–Crippen LogP) is 5.77. The number of nitrogens with one attached hydrogen (secondary N) is 1. The van der Waals surface area contributed by atoms with Crippen LogP contribution in [-0.2, 0) is 19.4 Å². The maximum atomic E-state index is 11.9. The van der Waals surface area contributed by atoms with Gasteiger partial charge in [-0.25, -0.2) is 0 Å². The number of fused-ring (bicyclic) bond motifs is 2. The summed E-state index contributed by atoms with van der Waals surface area (Å²) in [6.07, 6.45) is 4.13. The van der Waals surface area contributed by atoms with Crippen LogP contribution in [0.2, 0.25) is 0 Å². The van der Waals surface area contributed by atoms with Crippen molar-refractivity contribution in [2.75, 3.05) is 5.32 Å². The minimum Gasteiger partial charge on any atom is -0.347 e. The second kappa shape index (κ2) is 7.19. The maximum absolute atomic E-state index is 11.9. The van der Waals surface area contributed by atoms with Crippen LogP contribution in [0.25, 0.3) is 16.5 Å². The number of benzene rings is 2. The lowest BCUT2D eigenvalue weighted by Gasteiger charge is -2.29. The highest BCUT2D eigenvalue weighted by molar-refractivity contribution is 7.16. The molecule has 1 heterocycles. The molecule has 0 saturated carbocycles. The summed E-state index contributed by atoms with van der Waals surface area (Å²) in [6.45, 7) is 9.26. The van der Waals surface area contributed by atoms with Gasteiger partial charge in [0.2, 0.25) is 0 Å². The Bertz CT molecular complexity index is 1080. The fourth-order valence-corrected chi connectivity index (χ4v) is 5.31. The van der Waals surface area contributed by atoms with Gasteiger partial charge < -0.3 is 11.1 Å². The molecule has 0 bridgehead atoms. The Morgan fingerprint density at radius 3 is 2.68 bits per heavy atom. The van der Waals surface area contributed by atoms with Gasteiger partial charge in [-0.15, -0.1) is 11.3 Å².